The van der Waals surface area contributed by atoms with Crippen LogP contribution in [0.15, 0.2) is 76.8 Å². The molecule has 0 aliphatic heterocycles. The molecular formula is C22H16ClFN4O2S. The monoisotopic (exact) mass is 454 g/mol. The number of benzene rings is 2. The van der Waals surface area contributed by atoms with E-state index in [2.05, 4.69) is 15.3 Å². The molecule has 0 saturated heterocycles. The average Bonchev–Trinajstić information content (AvgIpc) is 2.77. The lowest BCUT2D eigenvalue weighted by atomic mass is 10.2. The van der Waals surface area contributed by atoms with Gasteiger partial charge in [0.25, 0.3) is 5.56 Å². The zero-order valence-corrected chi connectivity index (χ0v) is 17.7. The Morgan fingerprint density at radius 3 is 2.71 bits per heavy atom. The van der Waals surface area contributed by atoms with Crippen molar-refractivity contribution in [2.75, 3.05) is 11.1 Å². The number of hydrogen-bond acceptors (Lipinski definition) is 5. The van der Waals surface area contributed by atoms with Gasteiger partial charge in [-0.15, -0.1) is 0 Å². The Morgan fingerprint density at radius 1 is 1.13 bits per heavy atom. The van der Waals surface area contributed by atoms with Crippen LogP contribution in [0.1, 0.15) is 5.56 Å². The summed E-state index contributed by atoms with van der Waals surface area (Å²) in [6, 6.07) is 16.8. The summed E-state index contributed by atoms with van der Waals surface area (Å²) in [7, 11) is 0. The number of pyridine rings is 1. The highest BCUT2D eigenvalue weighted by Gasteiger charge is 2.15. The summed E-state index contributed by atoms with van der Waals surface area (Å²) >= 11 is 6.82. The Bertz CT molecular complexity index is 1310. The van der Waals surface area contributed by atoms with E-state index in [1.54, 1.807) is 18.3 Å². The van der Waals surface area contributed by atoms with Gasteiger partial charge in [-0.25, -0.2) is 14.4 Å². The molecule has 4 rings (SSSR count). The second-order valence-corrected chi connectivity index (χ2v) is 7.99. The van der Waals surface area contributed by atoms with Gasteiger partial charge in [-0.1, -0.05) is 53.7 Å². The fourth-order valence-corrected chi connectivity index (χ4v) is 3.90. The molecule has 0 bridgehead atoms. The SMILES string of the molecule is O=C(CSc1nc2ncccc2c(=O)n1Cc1ccccc1)Nc1ccc(Cl)cc1F. The molecule has 156 valence electrons. The second kappa shape index (κ2) is 9.28. The molecule has 2 aromatic carbocycles. The molecule has 0 unspecified atom stereocenters. The lowest BCUT2D eigenvalue weighted by Gasteiger charge is -2.13. The van der Waals surface area contributed by atoms with Crippen LogP contribution in [0.3, 0.4) is 0 Å². The number of fused-ring (bicyclic) bond motifs is 1. The highest BCUT2D eigenvalue weighted by molar-refractivity contribution is 7.99. The van der Waals surface area contributed by atoms with Crippen molar-refractivity contribution in [1.29, 1.82) is 0 Å². The fraction of sp³-hybridized carbons (Fsp3) is 0.0909. The Labute approximate surface area is 186 Å². The highest BCUT2D eigenvalue weighted by Crippen LogP contribution is 2.21. The summed E-state index contributed by atoms with van der Waals surface area (Å²) in [6.45, 7) is 0.299. The van der Waals surface area contributed by atoms with E-state index >= 15 is 0 Å². The third-order valence-corrected chi connectivity index (χ3v) is 5.63. The largest absolute Gasteiger partial charge is 0.323 e. The van der Waals surface area contributed by atoms with Crippen LogP contribution in [0.4, 0.5) is 10.1 Å². The Kier molecular flexibility index (Phi) is 6.29. The molecule has 4 aromatic rings. The van der Waals surface area contributed by atoms with Crippen molar-refractivity contribution in [3.63, 3.8) is 0 Å². The van der Waals surface area contributed by atoms with Crippen molar-refractivity contribution in [2.24, 2.45) is 0 Å². The number of hydrogen-bond donors (Lipinski definition) is 1. The van der Waals surface area contributed by atoms with Crippen molar-refractivity contribution in [3.05, 3.63) is 93.6 Å². The van der Waals surface area contributed by atoms with E-state index in [0.29, 0.717) is 22.7 Å². The van der Waals surface area contributed by atoms with E-state index in [1.165, 1.54) is 16.7 Å². The minimum absolute atomic E-state index is 0.0322. The lowest BCUT2D eigenvalue weighted by molar-refractivity contribution is -0.113. The Balaban J connectivity index is 1.60. The Morgan fingerprint density at radius 2 is 1.94 bits per heavy atom. The van der Waals surface area contributed by atoms with Crippen molar-refractivity contribution in [3.8, 4) is 0 Å². The molecule has 2 heterocycles. The van der Waals surface area contributed by atoms with Gasteiger partial charge in [-0.3, -0.25) is 14.2 Å². The second-order valence-electron chi connectivity index (χ2n) is 6.61. The average molecular weight is 455 g/mol. The molecule has 0 saturated carbocycles. The number of carbonyl (C=O) groups is 1. The molecule has 31 heavy (non-hydrogen) atoms. The van der Waals surface area contributed by atoms with Crippen molar-refractivity contribution in [1.82, 2.24) is 14.5 Å². The number of aromatic nitrogens is 3. The fourth-order valence-electron chi connectivity index (χ4n) is 2.96. The van der Waals surface area contributed by atoms with Crippen LogP contribution < -0.4 is 10.9 Å². The maximum absolute atomic E-state index is 13.9. The zero-order chi connectivity index (χ0) is 21.8. The molecule has 0 spiro atoms. The predicted octanol–water partition coefficient (Wildman–Crippen LogP) is 4.36. The minimum atomic E-state index is -0.625. The number of anilines is 1. The van der Waals surface area contributed by atoms with E-state index < -0.39 is 11.7 Å². The lowest BCUT2D eigenvalue weighted by Crippen LogP contribution is -2.25. The van der Waals surface area contributed by atoms with Gasteiger partial charge < -0.3 is 5.32 Å². The van der Waals surface area contributed by atoms with Crippen LogP contribution in [0.25, 0.3) is 11.0 Å². The van der Waals surface area contributed by atoms with Gasteiger partial charge in [-0.05, 0) is 35.9 Å². The summed E-state index contributed by atoms with van der Waals surface area (Å²) in [6.07, 6.45) is 1.56. The first kappa shape index (κ1) is 21.0. The molecule has 9 heteroatoms. The van der Waals surface area contributed by atoms with Crippen LogP contribution in [-0.2, 0) is 11.3 Å². The maximum Gasteiger partial charge on any atom is 0.263 e. The summed E-state index contributed by atoms with van der Waals surface area (Å²) in [5, 5.41) is 3.50. The number of rotatable bonds is 6. The summed E-state index contributed by atoms with van der Waals surface area (Å²) < 4.78 is 15.4. The van der Waals surface area contributed by atoms with Crippen LogP contribution in [0.5, 0.6) is 0 Å². The van der Waals surface area contributed by atoms with Gasteiger partial charge in [-0.2, -0.15) is 0 Å². The van der Waals surface area contributed by atoms with Crippen LogP contribution >= 0.6 is 23.4 Å². The number of nitrogens with one attached hydrogen (secondary N) is 1. The van der Waals surface area contributed by atoms with Gasteiger partial charge in [0.05, 0.1) is 23.4 Å². The zero-order valence-electron chi connectivity index (χ0n) is 16.1. The number of halogens is 2. The molecule has 6 nitrogen and oxygen atoms in total. The van der Waals surface area contributed by atoms with Gasteiger partial charge in [0.15, 0.2) is 10.8 Å². The third-order valence-electron chi connectivity index (χ3n) is 4.42. The smallest absolute Gasteiger partial charge is 0.263 e. The van der Waals surface area contributed by atoms with E-state index in [0.717, 1.165) is 23.4 Å². The van der Waals surface area contributed by atoms with Crippen LogP contribution in [0.2, 0.25) is 5.02 Å². The molecule has 0 fully saturated rings. The summed E-state index contributed by atoms with van der Waals surface area (Å²) in [5.41, 5.74) is 1.02. The number of nitrogens with zero attached hydrogens (tertiary/aromatic N) is 3. The van der Waals surface area contributed by atoms with Gasteiger partial charge in [0.2, 0.25) is 5.91 Å². The standard InChI is InChI=1S/C22H16ClFN4O2S/c23-15-8-9-18(17(24)11-15)26-19(29)13-31-22-27-20-16(7-4-10-25-20)21(30)28(22)12-14-5-2-1-3-6-14/h1-11H,12-13H2,(H,26,29). The summed E-state index contributed by atoms with van der Waals surface area (Å²) in [4.78, 5) is 34.1. The number of amides is 1. The van der Waals surface area contributed by atoms with Crippen molar-refractivity contribution < 1.29 is 9.18 Å². The van der Waals surface area contributed by atoms with E-state index in [4.69, 9.17) is 11.6 Å². The summed E-state index contributed by atoms with van der Waals surface area (Å²) in [5.74, 6) is -1.13. The van der Waals surface area contributed by atoms with Crippen LogP contribution in [-0.4, -0.2) is 26.2 Å². The Hall–Kier alpha value is -3.23. The molecule has 1 N–H and O–H groups in total. The number of thioether (sulfide) groups is 1. The molecule has 0 radical (unpaired) electrons. The first-order valence-corrected chi connectivity index (χ1v) is 10.6. The molecule has 2 aromatic heterocycles. The molecule has 1 amide bonds. The van der Waals surface area contributed by atoms with E-state index in [-0.39, 0.29) is 22.0 Å². The minimum Gasteiger partial charge on any atom is -0.323 e. The number of carbonyl (C=O) groups excluding carboxylic acids is 1. The molecular weight excluding hydrogens is 439 g/mol. The van der Waals surface area contributed by atoms with Gasteiger partial charge >= 0.3 is 0 Å². The quantitative estimate of drug-likeness (QED) is 0.346. The first-order valence-electron chi connectivity index (χ1n) is 9.28. The highest BCUT2D eigenvalue weighted by atomic mass is 35.5. The maximum atomic E-state index is 13.9. The van der Waals surface area contributed by atoms with Crippen molar-refractivity contribution in [2.45, 2.75) is 11.7 Å². The van der Waals surface area contributed by atoms with E-state index in [9.17, 15) is 14.0 Å². The van der Waals surface area contributed by atoms with E-state index in [1.807, 2.05) is 30.3 Å². The normalized spacial score (nSPS) is 10.9. The third kappa shape index (κ3) is 4.92. The first-order chi connectivity index (χ1) is 15.0. The molecule has 0 aliphatic rings. The van der Waals surface area contributed by atoms with Gasteiger partial charge in [0, 0.05) is 11.2 Å². The van der Waals surface area contributed by atoms with Crippen LogP contribution in [0, 0.1) is 5.82 Å². The molecule has 0 atom stereocenters. The molecule has 0 aliphatic carbocycles. The van der Waals surface area contributed by atoms with Gasteiger partial charge in [0.1, 0.15) is 5.82 Å². The van der Waals surface area contributed by atoms with Crippen molar-refractivity contribution >= 4 is 46.0 Å². The topological polar surface area (TPSA) is 76.9 Å². The predicted molar refractivity (Wildman–Crippen MR) is 120 cm³/mol.